The van der Waals surface area contributed by atoms with Crippen LogP contribution in [0.3, 0.4) is 0 Å². The lowest BCUT2D eigenvalue weighted by Gasteiger charge is -2.33. The third kappa shape index (κ3) is 4.27. The van der Waals surface area contributed by atoms with E-state index >= 15 is 0 Å². The summed E-state index contributed by atoms with van der Waals surface area (Å²) in [5, 5.41) is 13.1. The number of carbonyl (C=O) groups is 2. The number of ether oxygens (including phenoxy) is 1. The van der Waals surface area contributed by atoms with Gasteiger partial charge in [-0.1, -0.05) is 20.8 Å². The molecule has 1 saturated heterocycles. The Labute approximate surface area is 158 Å². The van der Waals surface area contributed by atoms with Crippen LogP contribution >= 0.6 is 11.3 Å². The van der Waals surface area contributed by atoms with Crippen molar-refractivity contribution >= 4 is 28.2 Å². The molecule has 1 fully saturated rings. The summed E-state index contributed by atoms with van der Waals surface area (Å²) in [6.07, 6.45) is 2.66. The molecule has 0 radical (unpaired) electrons. The smallest absolute Gasteiger partial charge is 0.339 e. The van der Waals surface area contributed by atoms with E-state index in [-0.39, 0.29) is 17.9 Å². The maximum absolute atomic E-state index is 12.4. The molecular formula is C19H28N2O4S. The number of anilines is 1. The molecule has 26 heavy (non-hydrogen) atoms. The van der Waals surface area contributed by atoms with E-state index in [1.807, 2.05) is 4.90 Å². The van der Waals surface area contributed by atoms with Crippen LogP contribution in [0.5, 0.6) is 0 Å². The minimum atomic E-state index is -0.946. The molecule has 2 heterocycles. The molecule has 3 rings (SSSR count). The molecule has 0 aromatic carbocycles. The summed E-state index contributed by atoms with van der Waals surface area (Å²) in [7, 11) is 0. The van der Waals surface area contributed by atoms with Gasteiger partial charge in [-0.25, -0.2) is 4.79 Å². The van der Waals surface area contributed by atoms with E-state index in [0.717, 1.165) is 42.8 Å². The lowest BCUT2D eigenvalue weighted by molar-refractivity contribution is -0.118. The fourth-order valence-electron chi connectivity index (χ4n) is 3.77. The molecule has 144 valence electrons. The van der Waals surface area contributed by atoms with Gasteiger partial charge in [-0.15, -0.1) is 11.3 Å². The van der Waals surface area contributed by atoms with Gasteiger partial charge in [0, 0.05) is 18.0 Å². The molecule has 1 aromatic heterocycles. The van der Waals surface area contributed by atoms with Crippen LogP contribution in [0.1, 0.15) is 48.0 Å². The van der Waals surface area contributed by atoms with Gasteiger partial charge in [-0.2, -0.15) is 0 Å². The Morgan fingerprint density at radius 1 is 1.31 bits per heavy atom. The van der Waals surface area contributed by atoms with Crippen molar-refractivity contribution in [3.63, 3.8) is 0 Å². The minimum Gasteiger partial charge on any atom is -0.478 e. The van der Waals surface area contributed by atoms with E-state index < -0.39 is 5.97 Å². The van der Waals surface area contributed by atoms with Crippen LogP contribution in [-0.4, -0.2) is 54.7 Å². The molecule has 0 saturated carbocycles. The van der Waals surface area contributed by atoms with Crippen LogP contribution in [0.4, 0.5) is 5.00 Å². The maximum Gasteiger partial charge on any atom is 0.339 e. The van der Waals surface area contributed by atoms with Crippen molar-refractivity contribution in [1.29, 1.82) is 0 Å². The van der Waals surface area contributed by atoms with Crippen molar-refractivity contribution in [3.05, 3.63) is 16.0 Å². The van der Waals surface area contributed by atoms with Gasteiger partial charge in [-0.3, -0.25) is 9.69 Å². The van der Waals surface area contributed by atoms with Crippen LogP contribution in [0.2, 0.25) is 0 Å². The standard InChI is InChI=1S/C19H28N2O4S/c1-19(2,3)12-4-5-13-14(10-12)26-17(16(13)18(23)24)20-15(22)11-21-6-8-25-9-7-21/h12H,4-11H2,1-3H3,(H,20,22)(H,23,24). The Hall–Kier alpha value is -1.44. The molecule has 2 N–H and O–H groups in total. The van der Waals surface area contributed by atoms with Crippen LogP contribution < -0.4 is 5.32 Å². The molecule has 1 aromatic rings. The van der Waals surface area contributed by atoms with Crippen LogP contribution in [0.25, 0.3) is 0 Å². The number of hydrogen-bond acceptors (Lipinski definition) is 5. The van der Waals surface area contributed by atoms with Crippen LogP contribution in [-0.2, 0) is 22.4 Å². The highest BCUT2D eigenvalue weighted by atomic mass is 32.1. The van der Waals surface area contributed by atoms with Gasteiger partial charge < -0.3 is 15.2 Å². The Morgan fingerprint density at radius 3 is 2.62 bits per heavy atom. The number of hydrogen-bond donors (Lipinski definition) is 2. The topological polar surface area (TPSA) is 78.9 Å². The van der Waals surface area contributed by atoms with Gasteiger partial charge >= 0.3 is 5.97 Å². The van der Waals surface area contributed by atoms with E-state index in [4.69, 9.17) is 4.74 Å². The summed E-state index contributed by atoms with van der Waals surface area (Å²) in [6, 6.07) is 0. The summed E-state index contributed by atoms with van der Waals surface area (Å²) in [6.45, 7) is 9.71. The largest absolute Gasteiger partial charge is 0.478 e. The van der Waals surface area contributed by atoms with Crippen LogP contribution in [0, 0.1) is 11.3 Å². The zero-order valence-electron chi connectivity index (χ0n) is 15.8. The number of nitrogens with one attached hydrogen (secondary N) is 1. The first-order chi connectivity index (χ1) is 12.3. The van der Waals surface area contributed by atoms with Crippen molar-refractivity contribution < 1.29 is 19.4 Å². The number of carboxylic acids is 1. The number of rotatable bonds is 4. The first-order valence-electron chi connectivity index (χ1n) is 9.23. The van der Waals surface area contributed by atoms with Crippen molar-refractivity contribution in [1.82, 2.24) is 4.90 Å². The minimum absolute atomic E-state index is 0.152. The maximum atomic E-state index is 12.4. The second kappa shape index (κ2) is 7.66. The van der Waals surface area contributed by atoms with Gasteiger partial charge in [0.05, 0.1) is 25.3 Å². The first kappa shape index (κ1) is 19.3. The SMILES string of the molecule is CC(C)(C)C1CCc2c(sc(NC(=O)CN3CCOCC3)c2C(=O)O)C1. The average Bonchev–Trinajstić information content (AvgIpc) is 2.91. The van der Waals surface area contributed by atoms with Gasteiger partial charge in [0.1, 0.15) is 5.00 Å². The Balaban J connectivity index is 1.76. The normalized spacial score (nSPS) is 21.3. The zero-order valence-corrected chi connectivity index (χ0v) is 16.6. The van der Waals surface area contributed by atoms with Crippen LogP contribution in [0.15, 0.2) is 0 Å². The van der Waals surface area contributed by atoms with Gasteiger partial charge in [0.25, 0.3) is 0 Å². The number of nitrogens with zero attached hydrogens (tertiary/aromatic N) is 1. The molecule has 2 aliphatic rings. The summed E-state index contributed by atoms with van der Waals surface area (Å²) in [5.74, 6) is -0.564. The van der Waals surface area contributed by atoms with Crippen molar-refractivity contribution in [2.45, 2.75) is 40.0 Å². The molecule has 6 nitrogen and oxygen atoms in total. The fourth-order valence-corrected chi connectivity index (χ4v) is 5.10. The molecule has 7 heteroatoms. The molecule has 1 atom stereocenters. The molecule has 1 aliphatic heterocycles. The van der Waals surface area contributed by atoms with Gasteiger partial charge in [0.2, 0.25) is 5.91 Å². The van der Waals surface area contributed by atoms with Crippen molar-refractivity contribution in [2.75, 3.05) is 38.2 Å². The third-order valence-corrected chi connectivity index (χ3v) is 6.60. The lowest BCUT2D eigenvalue weighted by atomic mass is 9.72. The Morgan fingerprint density at radius 2 is 2.00 bits per heavy atom. The molecular weight excluding hydrogens is 352 g/mol. The number of morpholine rings is 1. The molecule has 1 amide bonds. The van der Waals surface area contributed by atoms with E-state index in [0.29, 0.717) is 29.7 Å². The predicted octanol–water partition coefficient (Wildman–Crippen LogP) is 2.87. The second-order valence-corrected chi connectivity index (χ2v) is 9.36. The highest BCUT2D eigenvalue weighted by Crippen LogP contribution is 2.44. The van der Waals surface area contributed by atoms with E-state index in [2.05, 4.69) is 26.1 Å². The molecule has 1 unspecified atom stereocenters. The zero-order chi connectivity index (χ0) is 18.9. The summed E-state index contributed by atoms with van der Waals surface area (Å²) < 4.78 is 5.29. The first-order valence-corrected chi connectivity index (χ1v) is 10.0. The van der Waals surface area contributed by atoms with Gasteiger partial charge in [0.15, 0.2) is 0 Å². The summed E-state index contributed by atoms with van der Waals surface area (Å²) in [4.78, 5) is 27.4. The average molecular weight is 381 g/mol. The number of fused-ring (bicyclic) bond motifs is 1. The number of carboxylic acid groups (broad SMARTS) is 1. The monoisotopic (exact) mass is 380 g/mol. The van der Waals surface area contributed by atoms with Crippen molar-refractivity contribution in [3.8, 4) is 0 Å². The summed E-state index contributed by atoms with van der Waals surface area (Å²) >= 11 is 1.44. The van der Waals surface area contributed by atoms with Crippen molar-refractivity contribution in [2.24, 2.45) is 11.3 Å². The molecule has 0 bridgehead atoms. The summed E-state index contributed by atoms with van der Waals surface area (Å²) in [5.41, 5.74) is 1.42. The van der Waals surface area contributed by atoms with E-state index in [1.54, 1.807) is 0 Å². The Kier molecular flexibility index (Phi) is 5.69. The van der Waals surface area contributed by atoms with Gasteiger partial charge in [-0.05, 0) is 36.2 Å². The quantitative estimate of drug-likeness (QED) is 0.840. The second-order valence-electron chi connectivity index (χ2n) is 8.26. The third-order valence-electron chi connectivity index (χ3n) is 5.43. The highest BCUT2D eigenvalue weighted by Gasteiger charge is 2.34. The highest BCUT2D eigenvalue weighted by molar-refractivity contribution is 7.17. The molecule has 0 spiro atoms. The number of carbonyl (C=O) groups excluding carboxylic acids is 1. The fraction of sp³-hybridized carbons (Fsp3) is 0.684. The Bertz CT molecular complexity index is 686. The number of amides is 1. The lowest BCUT2D eigenvalue weighted by Crippen LogP contribution is -2.41. The molecule has 1 aliphatic carbocycles. The van der Waals surface area contributed by atoms with E-state index in [9.17, 15) is 14.7 Å². The number of aromatic carboxylic acids is 1. The predicted molar refractivity (Wildman–Crippen MR) is 102 cm³/mol. The number of thiophene rings is 1. The van der Waals surface area contributed by atoms with E-state index in [1.165, 1.54) is 11.3 Å².